The number of amides is 1. The van der Waals surface area contributed by atoms with Crippen LogP contribution in [0.4, 0.5) is 0 Å². The first kappa shape index (κ1) is 53.0. The van der Waals surface area contributed by atoms with Gasteiger partial charge in [-0.05, 0) is 83.5 Å². The fourth-order valence-corrected chi connectivity index (χ4v) is 6.66. The van der Waals surface area contributed by atoms with Crippen LogP contribution in [0.15, 0.2) is 109 Å². The van der Waals surface area contributed by atoms with Gasteiger partial charge in [-0.3, -0.25) is 9.35 Å². The number of aliphatic hydroxyl groups excluding tert-OH is 1. The van der Waals surface area contributed by atoms with Crippen molar-refractivity contribution in [1.82, 2.24) is 5.32 Å². The van der Waals surface area contributed by atoms with Crippen molar-refractivity contribution in [2.45, 2.75) is 187 Å². The topological polar surface area (TPSA) is 104 Å². The number of nitrogens with one attached hydrogen (secondary N) is 1. The van der Waals surface area contributed by atoms with Gasteiger partial charge < -0.3 is 10.4 Å². The molecule has 0 aromatic heterocycles. The highest BCUT2D eigenvalue weighted by Gasteiger charge is 2.24. The fraction of sp³-hybridized carbons (Fsp3) is 0.612. The van der Waals surface area contributed by atoms with E-state index in [2.05, 4.69) is 110 Å². The van der Waals surface area contributed by atoms with Gasteiger partial charge in [-0.1, -0.05) is 194 Å². The lowest BCUT2D eigenvalue weighted by atomic mass is 10.0. The van der Waals surface area contributed by atoms with Crippen LogP contribution in [0.2, 0.25) is 0 Å². The van der Waals surface area contributed by atoms with Crippen LogP contribution in [0.3, 0.4) is 0 Å². The Labute approximate surface area is 344 Å². The molecule has 3 N–H and O–H groups in total. The number of aliphatic hydroxyl groups is 1. The molecule has 0 saturated heterocycles. The van der Waals surface area contributed by atoms with Crippen LogP contribution in [0.25, 0.3) is 0 Å². The molecule has 0 saturated carbocycles. The van der Waals surface area contributed by atoms with Crippen LogP contribution in [-0.2, 0) is 14.9 Å². The third kappa shape index (κ3) is 42.1. The Balaban J connectivity index is 4.09. The first-order chi connectivity index (χ1) is 27.3. The smallest absolute Gasteiger partial charge is 0.267 e. The monoisotopic (exact) mass is 796 g/mol. The molecule has 0 heterocycles. The quantitative estimate of drug-likeness (QED) is 0.0328. The predicted molar refractivity (Wildman–Crippen MR) is 243 cm³/mol. The fourth-order valence-electron chi connectivity index (χ4n) is 5.92. The normalized spacial score (nSPS) is 14.3. The van der Waals surface area contributed by atoms with Crippen LogP contribution in [0, 0.1) is 0 Å². The average molecular weight is 796 g/mol. The Morgan fingerprint density at radius 1 is 0.500 bits per heavy atom. The summed E-state index contributed by atoms with van der Waals surface area (Å²) < 4.78 is 32.5. The first-order valence-corrected chi connectivity index (χ1v) is 23.7. The van der Waals surface area contributed by atoms with E-state index in [-0.39, 0.29) is 12.3 Å². The van der Waals surface area contributed by atoms with Crippen molar-refractivity contribution in [1.29, 1.82) is 0 Å². The van der Waals surface area contributed by atoms with Gasteiger partial charge in [0.2, 0.25) is 5.91 Å². The zero-order valence-corrected chi connectivity index (χ0v) is 36.3. The Morgan fingerprint density at radius 2 is 0.875 bits per heavy atom. The third-order valence-electron chi connectivity index (χ3n) is 9.18. The van der Waals surface area contributed by atoms with Crippen molar-refractivity contribution in [3.63, 3.8) is 0 Å². The van der Waals surface area contributed by atoms with Crippen molar-refractivity contribution in [2.24, 2.45) is 0 Å². The number of carbonyl (C=O) groups is 1. The highest BCUT2D eigenvalue weighted by atomic mass is 32.2. The zero-order valence-electron chi connectivity index (χ0n) is 35.5. The molecule has 0 fully saturated rings. The number of hydrogen-bond donors (Lipinski definition) is 3. The molecule has 0 aliphatic rings. The van der Waals surface area contributed by atoms with E-state index in [1.807, 2.05) is 6.08 Å². The summed E-state index contributed by atoms with van der Waals surface area (Å²) in [6.45, 7) is 4.41. The van der Waals surface area contributed by atoms with Crippen molar-refractivity contribution in [2.75, 3.05) is 5.75 Å². The molecule has 7 heteroatoms. The molecule has 0 rings (SSSR count). The number of unbranched alkanes of at least 4 members (excludes halogenated alkanes) is 14. The molecule has 2 unspecified atom stereocenters. The molecule has 2 atom stereocenters. The van der Waals surface area contributed by atoms with Crippen LogP contribution >= 0.6 is 0 Å². The molecular formula is C49H81NO5S. The lowest BCUT2D eigenvalue weighted by Crippen LogP contribution is -2.46. The number of allylic oxidation sites excluding steroid dienone is 17. The van der Waals surface area contributed by atoms with Gasteiger partial charge in [-0.25, -0.2) is 0 Å². The van der Waals surface area contributed by atoms with E-state index >= 15 is 0 Å². The van der Waals surface area contributed by atoms with Crippen LogP contribution in [0.5, 0.6) is 0 Å². The standard InChI is InChI=1S/C49H81NO5S/c1-3-5-7-9-11-13-15-17-19-21-23-24-25-26-27-29-31-33-35-37-39-41-43-45-49(52)50-47(46-56(53,54)55)48(51)44-42-40-38-36-34-32-30-28-22-20-18-16-14-12-10-8-6-4-2/h5,7,11,13,17,19,23-24,26-27,31,33-34,36-37,39,42,44,47-48,51H,3-4,6,8-10,12,14-16,18,20-22,25,28-30,32,35,38,40-41,43,45-46H2,1-2H3,(H,50,52)(H,53,54,55)/b7-5-,13-11-,19-17-,24-23-,27-26-,33-31-,36-34+,39-37-,44-42+. The molecule has 1 amide bonds. The minimum Gasteiger partial charge on any atom is -0.387 e. The SMILES string of the molecule is CC/C=C\C/C=C\C/C=C\C/C=C\C/C=C\C/C=C\C/C=C\CCCC(=O)NC(CS(=O)(=O)O)C(O)/C=C/CC/C=C/CCCCCCCCCCCCCC. The first-order valence-electron chi connectivity index (χ1n) is 22.1. The maximum absolute atomic E-state index is 12.5. The second-order valence-corrected chi connectivity index (χ2v) is 16.1. The maximum atomic E-state index is 12.5. The van der Waals surface area contributed by atoms with E-state index < -0.39 is 28.0 Å². The van der Waals surface area contributed by atoms with Crippen LogP contribution in [-0.4, -0.2) is 41.9 Å². The predicted octanol–water partition coefficient (Wildman–Crippen LogP) is 13.5. The van der Waals surface area contributed by atoms with E-state index in [4.69, 9.17) is 0 Å². The molecule has 6 nitrogen and oxygen atoms in total. The van der Waals surface area contributed by atoms with Gasteiger partial charge in [0, 0.05) is 6.42 Å². The van der Waals surface area contributed by atoms with Crippen LogP contribution in [0.1, 0.15) is 174 Å². The van der Waals surface area contributed by atoms with Gasteiger partial charge in [0.25, 0.3) is 10.1 Å². The van der Waals surface area contributed by atoms with Crippen molar-refractivity contribution in [3.05, 3.63) is 109 Å². The largest absolute Gasteiger partial charge is 0.387 e. The number of hydrogen-bond acceptors (Lipinski definition) is 4. The molecule has 56 heavy (non-hydrogen) atoms. The summed E-state index contributed by atoms with van der Waals surface area (Å²) in [5.41, 5.74) is 0. The molecule has 0 aromatic rings. The highest BCUT2D eigenvalue weighted by molar-refractivity contribution is 7.85. The average Bonchev–Trinajstić information content (AvgIpc) is 3.16. The van der Waals surface area contributed by atoms with E-state index in [0.29, 0.717) is 19.3 Å². The van der Waals surface area contributed by atoms with E-state index in [0.717, 1.165) is 57.8 Å². The molecule has 0 bridgehead atoms. The lowest BCUT2D eigenvalue weighted by Gasteiger charge is -2.21. The Hall–Kier alpha value is -3.00. The Kier molecular flexibility index (Phi) is 39.4. The summed E-state index contributed by atoms with van der Waals surface area (Å²) in [6.07, 6.45) is 63.7. The zero-order chi connectivity index (χ0) is 41.1. The molecule has 318 valence electrons. The van der Waals surface area contributed by atoms with E-state index in [1.165, 1.54) is 83.1 Å². The van der Waals surface area contributed by atoms with E-state index in [9.17, 15) is 22.9 Å². The molecule has 0 radical (unpaired) electrons. The second kappa shape index (κ2) is 41.6. The van der Waals surface area contributed by atoms with Gasteiger partial charge in [0.1, 0.15) is 0 Å². The second-order valence-electron chi connectivity index (χ2n) is 14.6. The molecule has 0 aromatic carbocycles. The van der Waals surface area contributed by atoms with Crippen molar-refractivity contribution < 1.29 is 22.9 Å². The van der Waals surface area contributed by atoms with Gasteiger partial charge in [-0.2, -0.15) is 8.42 Å². The molecule has 0 spiro atoms. The summed E-state index contributed by atoms with van der Waals surface area (Å²) in [5.74, 6) is -1.09. The maximum Gasteiger partial charge on any atom is 0.267 e. The lowest BCUT2D eigenvalue weighted by molar-refractivity contribution is -0.122. The van der Waals surface area contributed by atoms with Gasteiger partial charge in [-0.15, -0.1) is 0 Å². The highest BCUT2D eigenvalue weighted by Crippen LogP contribution is 2.13. The van der Waals surface area contributed by atoms with Gasteiger partial charge >= 0.3 is 0 Å². The molecular weight excluding hydrogens is 715 g/mol. The van der Waals surface area contributed by atoms with Crippen molar-refractivity contribution >= 4 is 16.0 Å². The summed E-state index contributed by atoms with van der Waals surface area (Å²) in [6, 6.07) is -1.11. The molecule has 0 aliphatic heterocycles. The Morgan fingerprint density at radius 3 is 1.34 bits per heavy atom. The summed E-state index contributed by atoms with van der Waals surface area (Å²) >= 11 is 0. The molecule has 0 aliphatic carbocycles. The van der Waals surface area contributed by atoms with Gasteiger partial charge in [0.15, 0.2) is 0 Å². The summed E-state index contributed by atoms with van der Waals surface area (Å²) in [7, 11) is -4.38. The third-order valence-corrected chi connectivity index (χ3v) is 9.96. The Bertz CT molecular complexity index is 1290. The minimum absolute atomic E-state index is 0.201. The number of carbonyl (C=O) groups excluding carboxylic acids is 1. The van der Waals surface area contributed by atoms with Crippen molar-refractivity contribution in [3.8, 4) is 0 Å². The summed E-state index contributed by atoms with van der Waals surface area (Å²) in [4.78, 5) is 12.5. The summed E-state index contributed by atoms with van der Waals surface area (Å²) in [5, 5.41) is 13.2. The van der Waals surface area contributed by atoms with Gasteiger partial charge in [0.05, 0.1) is 17.9 Å². The number of rotatable bonds is 38. The van der Waals surface area contributed by atoms with Crippen LogP contribution < -0.4 is 5.32 Å². The van der Waals surface area contributed by atoms with E-state index in [1.54, 1.807) is 6.08 Å². The minimum atomic E-state index is -4.38.